The first-order chi connectivity index (χ1) is 10.6. The maximum atomic E-state index is 11.8. The monoisotopic (exact) mass is 366 g/mol. The Labute approximate surface area is 133 Å². The van der Waals surface area contributed by atoms with E-state index in [1.54, 1.807) is 24.3 Å². The van der Waals surface area contributed by atoms with Gasteiger partial charge in [0.05, 0.1) is 11.8 Å². The maximum Gasteiger partial charge on any atom is 0.339 e. The van der Waals surface area contributed by atoms with Crippen molar-refractivity contribution in [2.24, 2.45) is 0 Å². The summed E-state index contributed by atoms with van der Waals surface area (Å²) >= 11 is 3.21. The normalized spacial score (nSPS) is 9.86. The van der Waals surface area contributed by atoms with Gasteiger partial charge in [0, 0.05) is 4.47 Å². The lowest BCUT2D eigenvalue weighted by atomic mass is 10.2. The van der Waals surface area contributed by atoms with Crippen LogP contribution in [0.1, 0.15) is 20.9 Å². The lowest BCUT2D eigenvalue weighted by Crippen LogP contribution is -2.43. The second kappa shape index (κ2) is 7.41. The van der Waals surface area contributed by atoms with Crippen LogP contribution >= 0.6 is 15.9 Å². The summed E-state index contributed by atoms with van der Waals surface area (Å²) in [5, 5.41) is 0. The van der Waals surface area contributed by atoms with E-state index in [0.717, 1.165) is 0 Å². The van der Waals surface area contributed by atoms with Crippen LogP contribution in [0.15, 0.2) is 51.6 Å². The van der Waals surface area contributed by atoms with Gasteiger partial charge in [-0.3, -0.25) is 20.4 Å². The van der Waals surface area contributed by atoms with Gasteiger partial charge in [-0.05, 0) is 40.2 Å². The lowest BCUT2D eigenvalue weighted by molar-refractivity contribution is -0.125. The summed E-state index contributed by atoms with van der Waals surface area (Å²) in [6.45, 7) is -0.529. The number of rotatable bonds is 4. The first kappa shape index (κ1) is 15.8. The van der Waals surface area contributed by atoms with Gasteiger partial charge in [-0.25, -0.2) is 4.79 Å². The summed E-state index contributed by atoms with van der Waals surface area (Å²) in [5.41, 5.74) is 4.53. The summed E-state index contributed by atoms with van der Waals surface area (Å²) < 4.78 is 10.2. The van der Waals surface area contributed by atoms with Crippen molar-refractivity contribution in [2.45, 2.75) is 0 Å². The van der Waals surface area contributed by atoms with Gasteiger partial charge < -0.3 is 9.15 Å². The van der Waals surface area contributed by atoms with Crippen molar-refractivity contribution in [1.29, 1.82) is 0 Å². The first-order valence-corrected chi connectivity index (χ1v) is 6.91. The van der Waals surface area contributed by atoms with E-state index in [0.29, 0.717) is 10.0 Å². The highest BCUT2D eigenvalue weighted by molar-refractivity contribution is 9.10. The molecule has 0 aliphatic carbocycles. The highest BCUT2D eigenvalue weighted by Gasteiger charge is 2.14. The predicted molar refractivity (Wildman–Crippen MR) is 78.7 cm³/mol. The van der Waals surface area contributed by atoms with E-state index in [9.17, 15) is 14.4 Å². The van der Waals surface area contributed by atoms with Crippen LogP contribution in [0, 0.1) is 0 Å². The third kappa shape index (κ3) is 4.19. The minimum absolute atomic E-state index is 0.0468. The molecule has 0 radical (unpaired) electrons. The quantitative estimate of drug-likeness (QED) is 0.633. The second-order valence-corrected chi connectivity index (χ2v) is 4.89. The zero-order valence-corrected chi connectivity index (χ0v) is 12.8. The second-order valence-electron chi connectivity index (χ2n) is 4.04. The number of nitrogens with one attached hydrogen (secondary N) is 2. The summed E-state index contributed by atoms with van der Waals surface area (Å²) in [7, 11) is 0. The average Bonchev–Trinajstić information content (AvgIpc) is 3.05. The molecule has 2 rings (SSSR count). The Morgan fingerprint density at radius 2 is 1.86 bits per heavy atom. The Balaban J connectivity index is 1.77. The predicted octanol–water partition coefficient (Wildman–Crippen LogP) is 1.66. The zero-order chi connectivity index (χ0) is 15.9. The summed E-state index contributed by atoms with van der Waals surface area (Å²) in [4.78, 5) is 34.7. The Hall–Kier alpha value is -2.61. The average molecular weight is 367 g/mol. The van der Waals surface area contributed by atoms with E-state index in [-0.39, 0.29) is 5.76 Å². The van der Waals surface area contributed by atoms with E-state index in [1.807, 2.05) is 0 Å². The van der Waals surface area contributed by atoms with E-state index >= 15 is 0 Å². The van der Waals surface area contributed by atoms with Crippen LogP contribution < -0.4 is 10.9 Å². The summed E-state index contributed by atoms with van der Waals surface area (Å²) in [6, 6.07) is 9.64. The molecule has 2 amide bonds. The number of hydrogen-bond donors (Lipinski definition) is 2. The van der Waals surface area contributed by atoms with Crippen LogP contribution in [0.2, 0.25) is 0 Å². The number of furan rings is 1. The Morgan fingerprint density at radius 3 is 2.55 bits per heavy atom. The van der Waals surface area contributed by atoms with E-state index in [1.165, 1.54) is 18.4 Å². The smallest absolute Gasteiger partial charge is 0.339 e. The van der Waals surface area contributed by atoms with Gasteiger partial charge in [-0.1, -0.05) is 12.1 Å². The molecule has 0 unspecified atom stereocenters. The van der Waals surface area contributed by atoms with Gasteiger partial charge in [0.15, 0.2) is 12.4 Å². The molecule has 0 aliphatic rings. The molecule has 0 saturated carbocycles. The summed E-state index contributed by atoms with van der Waals surface area (Å²) in [6.07, 6.45) is 1.33. The van der Waals surface area contributed by atoms with Crippen molar-refractivity contribution in [3.63, 3.8) is 0 Å². The van der Waals surface area contributed by atoms with E-state index in [2.05, 4.69) is 26.8 Å². The van der Waals surface area contributed by atoms with Crippen molar-refractivity contribution >= 4 is 33.7 Å². The van der Waals surface area contributed by atoms with Crippen LogP contribution in [0.5, 0.6) is 0 Å². The first-order valence-electron chi connectivity index (χ1n) is 6.12. The number of esters is 1. The fraction of sp³-hybridized carbons (Fsp3) is 0.0714. The lowest BCUT2D eigenvalue weighted by Gasteiger charge is -2.07. The number of halogens is 1. The molecule has 0 aliphatic heterocycles. The van der Waals surface area contributed by atoms with Crippen LogP contribution in [0.4, 0.5) is 0 Å². The molecule has 22 heavy (non-hydrogen) atoms. The molecule has 0 atom stereocenters. The van der Waals surface area contributed by atoms with Crippen molar-refractivity contribution in [2.75, 3.05) is 6.61 Å². The highest BCUT2D eigenvalue weighted by Crippen LogP contribution is 2.16. The molecule has 0 bridgehead atoms. The number of hydrazine groups is 1. The molecule has 1 aromatic heterocycles. The van der Waals surface area contributed by atoms with Crippen molar-refractivity contribution in [3.8, 4) is 0 Å². The van der Waals surface area contributed by atoms with Gasteiger partial charge in [0.2, 0.25) is 0 Å². The van der Waals surface area contributed by atoms with Gasteiger partial charge in [0.1, 0.15) is 0 Å². The molecular weight excluding hydrogens is 356 g/mol. The standard InChI is InChI=1S/C14H11BrN2O5/c15-10-5-2-1-4-9(10)14(20)22-8-12(18)16-17-13(19)11-6-3-7-21-11/h1-7H,8H2,(H,16,18)(H,17,19). The molecule has 7 nitrogen and oxygen atoms in total. The molecule has 1 heterocycles. The van der Waals surface area contributed by atoms with E-state index < -0.39 is 24.4 Å². The van der Waals surface area contributed by atoms with Gasteiger partial charge in [0.25, 0.3) is 5.91 Å². The minimum atomic E-state index is -0.680. The molecule has 2 N–H and O–H groups in total. The van der Waals surface area contributed by atoms with Crippen molar-refractivity contribution in [1.82, 2.24) is 10.9 Å². The Bertz CT molecular complexity index is 684. The number of ether oxygens (including phenoxy) is 1. The molecule has 114 valence electrons. The van der Waals surface area contributed by atoms with E-state index in [4.69, 9.17) is 9.15 Å². The van der Waals surface area contributed by atoms with Gasteiger partial charge in [-0.15, -0.1) is 0 Å². The fourth-order valence-corrected chi connectivity index (χ4v) is 1.91. The maximum absolute atomic E-state index is 11.8. The number of carbonyl (C=O) groups excluding carboxylic acids is 3. The molecule has 1 aromatic carbocycles. The number of carbonyl (C=O) groups is 3. The molecule has 0 spiro atoms. The Morgan fingerprint density at radius 1 is 1.09 bits per heavy atom. The van der Waals surface area contributed by atoms with Gasteiger partial charge >= 0.3 is 11.9 Å². The molecule has 0 saturated heterocycles. The topological polar surface area (TPSA) is 97.6 Å². The summed E-state index contributed by atoms with van der Waals surface area (Å²) in [5.74, 6) is -1.90. The zero-order valence-electron chi connectivity index (χ0n) is 11.2. The number of amides is 2. The molecular formula is C14H11BrN2O5. The number of hydrogen-bond acceptors (Lipinski definition) is 5. The molecule has 2 aromatic rings. The largest absolute Gasteiger partial charge is 0.459 e. The van der Waals surface area contributed by atoms with Gasteiger partial charge in [-0.2, -0.15) is 0 Å². The SMILES string of the molecule is O=C(COC(=O)c1ccccc1Br)NNC(=O)c1ccco1. The van der Waals surface area contributed by atoms with Crippen LogP contribution in [-0.4, -0.2) is 24.4 Å². The third-order valence-corrected chi connectivity index (χ3v) is 3.18. The van der Waals surface area contributed by atoms with Crippen LogP contribution in [-0.2, 0) is 9.53 Å². The van der Waals surface area contributed by atoms with Crippen molar-refractivity contribution in [3.05, 3.63) is 58.5 Å². The highest BCUT2D eigenvalue weighted by atomic mass is 79.9. The minimum Gasteiger partial charge on any atom is -0.459 e. The van der Waals surface area contributed by atoms with Crippen LogP contribution in [0.25, 0.3) is 0 Å². The third-order valence-electron chi connectivity index (χ3n) is 2.49. The number of benzene rings is 1. The van der Waals surface area contributed by atoms with Crippen LogP contribution in [0.3, 0.4) is 0 Å². The molecule has 8 heteroatoms. The fourth-order valence-electron chi connectivity index (χ4n) is 1.47. The van der Waals surface area contributed by atoms with Crippen molar-refractivity contribution < 1.29 is 23.5 Å². The Kier molecular flexibility index (Phi) is 5.31. The molecule has 0 fully saturated rings.